The fraction of sp³-hybridized carbons (Fsp3) is 0.381. The smallest absolute Gasteiger partial charge is 0.264 e. The van der Waals surface area contributed by atoms with Crippen LogP contribution >= 0.6 is 11.3 Å². The number of rotatable bonds is 3. The lowest BCUT2D eigenvalue weighted by Gasteiger charge is -2.34. The van der Waals surface area contributed by atoms with E-state index in [0.29, 0.717) is 31.7 Å². The van der Waals surface area contributed by atoms with E-state index < -0.39 is 0 Å². The van der Waals surface area contributed by atoms with Gasteiger partial charge in [0, 0.05) is 44.2 Å². The molecule has 0 saturated carbocycles. The lowest BCUT2D eigenvalue weighted by Crippen LogP contribution is -2.50. The number of piperazine rings is 1. The number of hydrogen-bond donors (Lipinski definition) is 0. The molecule has 3 aromatic rings. The molecule has 7 heteroatoms. The predicted octanol–water partition coefficient (Wildman–Crippen LogP) is 3.10. The summed E-state index contributed by atoms with van der Waals surface area (Å²) in [6, 6.07) is 9.74. The maximum Gasteiger partial charge on any atom is 0.264 e. The van der Waals surface area contributed by atoms with Crippen LogP contribution in [-0.2, 0) is 13.5 Å². The number of thiophene rings is 1. The Morgan fingerprint density at radius 3 is 2.21 bits per heavy atom. The molecule has 1 aromatic carbocycles. The monoisotopic (exact) mass is 396 g/mol. The van der Waals surface area contributed by atoms with Gasteiger partial charge >= 0.3 is 0 Å². The first-order valence-electron chi connectivity index (χ1n) is 9.58. The van der Waals surface area contributed by atoms with Crippen LogP contribution in [0.25, 0.3) is 10.2 Å². The van der Waals surface area contributed by atoms with E-state index in [-0.39, 0.29) is 11.8 Å². The third-order valence-electron chi connectivity index (χ3n) is 5.37. The second-order valence-corrected chi connectivity index (χ2v) is 8.20. The van der Waals surface area contributed by atoms with Gasteiger partial charge in [-0.15, -0.1) is 11.3 Å². The Morgan fingerprint density at radius 1 is 1.04 bits per heavy atom. The van der Waals surface area contributed by atoms with E-state index >= 15 is 0 Å². The molecule has 1 aliphatic heterocycles. The van der Waals surface area contributed by atoms with Crippen molar-refractivity contribution < 1.29 is 9.59 Å². The highest BCUT2D eigenvalue weighted by molar-refractivity contribution is 7.20. The van der Waals surface area contributed by atoms with Crippen molar-refractivity contribution in [2.75, 3.05) is 26.2 Å². The first-order valence-corrected chi connectivity index (χ1v) is 10.4. The molecule has 2 aromatic heterocycles. The Balaban J connectivity index is 1.41. The average Bonchev–Trinajstić information content (AvgIpc) is 3.28. The van der Waals surface area contributed by atoms with Crippen LogP contribution in [0.2, 0.25) is 0 Å². The van der Waals surface area contributed by atoms with Gasteiger partial charge in [0.1, 0.15) is 4.83 Å². The van der Waals surface area contributed by atoms with Gasteiger partial charge in [0.05, 0.1) is 10.6 Å². The zero-order valence-electron chi connectivity index (χ0n) is 16.4. The highest BCUT2D eigenvalue weighted by Gasteiger charge is 2.27. The Labute approximate surface area is 168 Å². The standard InChI is InChI=1S/C21H24N4O2S/c1-4-15-5-7-16(8-6-15)19(26)24-9-11-25(12-10-24)20(27)18-13-17-14(2)22-23(3)21(17)28-18/h5-8,13H,4,9-12H2,1-3H3. The van der Waals surface area contributed by atoms with Gasteiger partial charge in [-0.2, -0.15) is 5.10 Å². The SMILES string of the molecule is CCc1ccc(C(=O)N2CCN(C(=O)c3cc4c(C)nn(C)c4s3)CC2)cc1. The van der Waals surface area contributed by atoms with Crippen LogP contribution < -0.4 is 0 Å². The summed E-state index contributed by atoms with van der Waals surface area (Å²) >= 11 is 1.48. The summed E-state index contributed by atoms with van der Waals surface area (Å²) in [5.41, 5.74) is 2.88. The van der Waals surface area contributed by atoms with Crippen molar-refractivity contribution in [2.24, 2.45) is 7.05 Å². The van der Waals surface area contributed by atoms with Crippen molar-refractivity contribution >= 4 is 33.4 Å². The van der Waals surface area contributed by atoms with Crippen molar-refractivity contribution in [2.45, 2.75) is 20.3 Å². The summed E-state index contributed by atoms with van der Waals surface area (Å²) in [4.78, 5) is 31.1. The van der Waals surface area contributed by atoms with E-state index in [2.05, 4.69) is 12.0 Å². The predicted molar refractivity (Wildman–Crippen MR) is 111 cm³/mol. The minimum atomic E-state index is 0.0401. The molecule has 0 bridgehead atoms. The molecule has 0 unspecified atom stereocenters. The first-order chi connectivity index (χ1) is 13.5. The molecule has 0 spiro atoms. The second kappa shape index (κ2) is 7.39. The summed E-state index contributed by atoms with van der Waals surface area (Å²) in [6.45, 7) is 6.30. The number of aryl methyl sites for hydroxylation is 3. The van der Waals surface area contributed by atoms with Crippen LogP contribution in [0.5, 0.6) is 0 Å². The molecule has 3 heterocycles. The molecule has 28 heavy (non-hydrogen) atoms. The maximum absolute atomic E-state index is 12.9. The third kappa shape index (κ3) is 3.30. The molecule has 1 saturated heterocycles. The molecule has 1 aliphatic rings. The van der Waals surface area contributed by atoms with Gasteiger partial charge in [-0.05, 0) is 37.1 Å². The van der Waals surface area contributed by atoms with Gasteiger partial charge < -0.3 is 9.80 Å². The number of hydrogen-bond acceptors (Lipinski definition) is 4. The van der Waals surface area contributed by atoms with Gasteiger partial charge in [0.15, 0.2) is 0 Å². The highest BCUT2D eigenvalue weighted by Crippen LogP contribution is 2.28. The fourth-order valence-electron chi connectivity index (χ4n) is 3.64. The molecule has 4 rings (SSSR count). The van der Waals surface area contributed by atoms with Crippen LogP contribution in [0.3, 0.4) is 0 Å². The van der Waals surface area contributed by atoms with E-state index in [0.717, 1.165) is 27.2 Å². The lowest BCUT2D eigenvalue weighted by atomic mass is 10.1. The molecule has 0 N–H and O–H groups in total. The molecular weight excluding hydrogens is 372 g/mol. The topological polar surface area (TPSA) is 58.4 Å². The van der Waals surface area contributed by atoms with E-state index in [9.17, 15) is 9.59 Å². The van der Waals surface area contributed by atoms with Gasteiger partial charge in [0.25, 0.3) is 11.8 Å². The van der Waals surface area contributed by atoms with Crippen LogP contribution in [0.1, 0.15) is 38.2 Å². The third-order valence-corrected chi connectivity index (χ3v) is 6.56. The van der Waals surface area contributed by atoms with Crippen molar-refractivity contribution in [3.63, 3.8) is 0 Å². The molecule has 146 valence electrons. The number of aromatic nitrogens is 2. The summed E-state index contributed by atoms with van der Waals surface area (Å²) in [5, 5.41) is 5.43. The number of fused-ring (bicyclic) bond motifs is 1. The molecular formula is C21H24N4O2S. The number of nitrogens with zero attached hydrogens (tertiary/aromatic N) is 4. The largest absolute Gasteiger partial charge is 0.335 e. The van der Waals surface area contributed by atoms with Gasteiger partial charge in [-0.25, -0.2) is 0 Å². The van der Waals surface area contributed by atoms with Crippen LogP contribution in [0.15, 0.2) is 30.3 Å². The van der Waals surface area contributed by atoms with Crippen molar-refractivity contribution in [1.82, 2.24) is 19.6 Å². The van der Waals surface area contributed by atoms with Crippen LogP contribution in [0, 0.1) is 6.92 Å². The summed E-state index contributed by atoms with van der Waals surface area (Å²) in [6.07, 6.45) is 0.961. The van der Waals surface area contributed by atoms with Crippen molar-refractivity contribution in [1.29, 1.82) is 0 Å². The van der Waals surface area contributed by atoms with Crippen molar-refractivity contribution in [3.05, 3.63) is 52.0 Å². The molecule has 1 fully saturated rings. The van der Waals surface area contributed by atoms with Crippen LogP contribution in [0.4, 0.5) is 0 Å². The van der Waals surface area contributed by atoms with E-state index in [1.54, 1.807) is 0 Å². The maximum atomic E-state index is 12.9. The Morgan fingerprint density at radius 2 is 1.64 bits per heavy atom. The summed E-state index contributed by atoms with van der Waals surface area (Å²) < 4.78 is 1.83. The van der Waals surface area contributed by atoms with E-state index in [1.165, 1.54) is 16.9 Å². The highest BCUT2D eigenvalue weighted by atomic mass is 32.1. The van der Waals surface area contributed by atoms with Gasteiger partial charge in [-0.3, -0.25) is 14.3 Å². The number of benzene rings is 1. The molecule has 2 amide bonds. The molecule has 6 nitrogen and oxygen atoms in total. The molecule has 0 aliphatic carbocycles. The average molecular weight is 397 g/mol. The van der Waals surface area contributed by atoms with Gasteiger partial charge in [0.2, 0.25) is 0 Å². The van der Waals surface area contributed by atoms with E-state index in [4.69, 9.17) is 0 Å². The van der Waals surface area contributed by atoms with Crippen molar-refractivity contribution in [3.8, 4) is 0 Å². The second-order valence-electron chi connectivity index (χ2n) is 7.17. The Kier molecular flexibility index (Phi) is 4.93. The zero-order valence-corrected chi connectivity index (χ0v) is 17.3. The molecule has 0 atom stereocenters. The number of amides is 2. The lowest BCUT2D eigenvalue weighted by molar-refractivity contribution is 0.0538. The Bertz CT molecular complexity index is 992. The van der Waals surface area contributed by atoms with Crippen LogP contribution in [-0.4, -0.2) is 57.6 Å². The minimum absolute atomic E-state index is 0.0401. The quantitative estimate of drug-likeness (QED) is 0.684. The zero-order chi connectivity index (χ0) is 19.8. The number of carbonyl (C=O) groups excluding carboxylic acids is 2. The summed E-state index contributed by atoms with van der Waals surface area (Å²) in [7, 11) is 1.90. The number of carbonyl (C=O) groups is 2. The van der Waals surface area contributed by atoms with E-state index in [1.807, 2.05) is 58.8 Å². The fourth-order valence-corrected chi connectivity index (χ4v) is 4.74. The summed E-state index contributed by atoms with van der Waals surface area (Å²) in [5.74, 6) is 0.0818. The minimum Gasteiger partial charge on any atom is -0.335 e. The Hall–Kier alpha value is -2.67. The van der Waals surface area contributed by atoms with Gasteiger partial charge in [-0.1, -0.05) is 19.1 Å². The first kappa shape index (κ1) is 18.7. The molecule has 0 radical (unpaired) electrons. The normalized spacial score (nSPS) is 14.7.